The molecular formula is C20H35N5O3S. The van der Waals surface area contributed by atoms with Gasteiger partial charge in [-0.15, -0.1) is 0 Å². The van der Waals surface area contributed by atoms with Crippen molar-refractivity contribution in [1.29, 1.82) is 0 Å². The van der Waals surface area contributed by atoms with Gasteiger partial charge in [-0.3, -0.25) is 0 Å². The van der Waals surface area contributed by atoms with E-state index in [0.29, 0.717) is 18.3 Å². The molecule has 1 aromatic rings. The number of hydrogen-bond donors (Lipinski definition) is 2. The molecule has 1 aliphatic heterocycles. The Morgan fingerprint density at radius 3 is 2.24 bits per heavy atom. The monoisotopic (exact) mass is 425 g/mol. The van der Waals surface area contributed by atoms with Crippen molar-refractivity contribution in [3.8, 4) is 0 Å². The lowest BCUT2D eigenvalue weighted by atomic mass is 10.0. The highest BCUT2D eigenvalue weighted by atomic mass is 32.2. The minimum Gasteiger partial charge on any atom is -0.337 e. The Balaban J connectivity index is 1.77. The number of rotatable bonds is 8. The van der Waals surface area contributed by atoms with Gasteiger partial charge in [0.05, 0.1) is 4.90 Å². The van der Waals surface area contributed by atoms with Crippen molar-refractivity contribution in [3.05, 3.63) is 24.3 Å². The first-order chi connectivity index (χ1) is 13.6. The Morgan fingerprint density at radius 1 is 1.14 bits per heavy atom. The lowest BCUT2D eigenvalue weighted by molar-refractivity contribution is 0.146. The summed E-state index contributed by atoms with van der Waals surface area (Å²) < 4.78 is 26.3. The standard InChI is InChI=1S/C20H35N5O3S/c1-16(2)24(5)29(27,28)19-8-6-17(7-9-19)22-20(26)21-12-15-25-13-10-18(11-14-25)23(3)4/h6-9,16,18H,10-15H2,1-5H3,(H2,21,22,26). The fourth-order valence-corrected chi connectivity index (χ4v) is 4.68. The largest absolute Gasteiger partial charge is 0.337 e. The number of likely N-dealkylation sites (tertiary alicyclic amines) is 1. The highest BCUT2D eigenvalue weighted by Crippen LogP contribution is 2.19. The van der Waals surface area contributed by atoms with Gasteiger partial charge in [0.25, 0.3) is 0 Å². The lowest BCUT2D eigenvalue weighted by Gasteiger charge is -2.35. The van der Waals surface area contributed by atoms with Gasteiger partial charge < -0.3 is 20.4 Å². The first-order valence-electron chi connectivity index (χ1n) is 10.1. The molecule has 0 unspecified atom stereocenters. The van der Waals surface area contributed by atoms with Crippen LogP contribution in [0, 0.1) is 0 Å². The van der Waals surface area contributed by atoms with E-state index in [-0.39, 0.29) is 17.0 Å². The van der Waals surface area contributed by atoms with Crippen molar-refractivity contribution < 1.29 is 13.2 Å². The lowest BCUT2D eigenvalue weighted by Crippen LogP contribution is -2.44. The highest BCUT2D eigenvalue weighted by Gasteiger charge is 2.23. The Labute approximate surface area is 175 Å². The molecular weight excluding hydrogens is 390 g/mol. The number of nitrogens with one attached hydrogen (secondary N) is 2. The number of hydrogen-bond acceptors (Lipinski definition) is 5. The zero-order chi connectivity index (χ0) is 21.6. The van der Waals surface area contributed by atoms with Gasteiger partial charge in [-0.05, 0) is 78.1 Å². The molecule has 0 aliphatic carbocycles. The first-order valence-corrected chi connectivity index (χ1v) is 11.6. The number of carbonyl (C=O) groups excluding carboxylic acids is 1. The number of benzene rings is 1. The van der Waals surface area contributed by atoms with Gasteiger partial charge in [0, 0.05) is 37.9 Å². The summed E-state index contributed by atoms with van der Waals surface area (Å²) in [5, 5.41) is 5.61. The van der Waals surface area contributed by atoms with Crippen LogP contribution in [-0.2, 0) is 10.0 Å². The summed E-state index contributed by atoms with van der Waals surface area (Å²) >= 11 is 0. The average molecular weight is 426 g/mol. The van der Waals surface area contributed by atoms with Crippen LogP contribution in [0.25, 0.3) is 0 Å². The summed E-state index contributed by atoms with van der Waals surface area (Å²) in [4.78, 5) is 17.0. The van der Waals surface area contributed by atoms with Crippen molar-refractivity contribution in [2.24, 2.45) is 0 Å². The Kier molecular flexibility index (Phi) is 8.45. The molecule has 0 bridgehead atoms. The zero-order valence-electron chi connectivity index (χ0n) is 18.2. The number of carbonyl (C=O) groups is 1. The Bertz CT molecular complexity index is 757. The van der Waals surface area contributed by atoms with Gasteiger partial charge in [0.2, 0.25) is 10.0 Å². The zero-order valence-corrected chi connectivity index (χ0v) is 19.0. The summed E-state index contributed by atoms with van der Waals surface area (Å²) in [7, 11) is 2.28. The second-order valence-electron chi connectivity index (χ2n) is 8.06. The molecule has 1 aromatic carbocycles. The molecule has 0 aromatic heterocycles. The molecule has 1 heterocycles. The van der Waals surface area contributed by atoms with E-state index in [2.05, 4.69) is 34.5 Å². The van der Waals surface area contributed by atoms with Crippen molar-refractivity contribution in [2.75, 3.05) is 52.6 Å². The summed E-state index contributed by atoms with van der Waals surface area (Å²) in [5.74, 6) is 0. The van der Waals surface area contributed by atoms with Crippen molar-refractivity contribution in [3.63, 3.8) is 0 Å². The van der Waals surface area contributed by atoms with Gasteiger partial charge in [-0.25, -0.2) is 13.2 Å². The highest BCUT2D eigenvalue weighted by molar-refractivity contribution is 7.89. The molecule has 29 heavy (non-hydrogen) atoms. The van der Waals surface area contributed by atoms with E-state index < -0.39 is 10.0 Å². The van der Waals surface area contributed by atoms with E-state index in [1.54, 1.807) is 19.2 Å². The Hall–Kier alpha value is -1.68. The smallest absolute Gasteiger partial charge is 0.319 e. The number of nitrogens with zero attached hydrogens (tertiary/aromatic N) is 3. The molecule has 0 spiro atoms. The molecule has 0 saturated carbocycles. The number of urea groups is 1. The SMILES string of the molecule is CC(C)N(C)S(=O)(=O)c1ccc(NC(=O)NCCN2CCC(N(C)C)CC2)cc1. The van der Waals surface area contributed by atoms with Crippen LogP contribution in [-0.4, -0.2) is 88.0 Å². The maximum Gasteiger partial charge on any atom is 0.319 e. The fraction of sp³-hybridized carbons (Fsp3) is 0.650. The van der Waals surface area contributed by atoms with Crippen molar-refractivity contribution in [2.45, 2.75) is 43.7 Å². The van der Waals surface area contributed by atoms with Crippen LogP contribution in [0.5, 0.6) is 0 Å². The average Bonchev–Trinajstić information content (AvgIpc) is 2.68. The molecule has 164 valence electrons. The maximum atomic E-state index is 12.5. The summed E-state index contributed by atoms with van der Waals surface area (Å²) in [6.07, 6.45) is 2.31. The van der Waals surface area contributed by atoms with Gasteiger partial charge in [0.15, 0.2) is 0 Å². The number of sulfonamides is 1. The molecule has 0 atom stereocenters. The van der Waals surface area contributed by atoms with E-state index in [0.717, 1.165) is 32.5 Å². The molecule has 2 N–H and O–H groups in total. The van der Waals surface area contributed by atoms with Crippen LogP contribution < -0.4 is 10.6 Å². The summed E-state index contributed by atoms with van der Waals surface area (Å²) in [5.41, 5.74) is 0.556. The van der Waals surface area contributed by atoms with Crippen LogP contribution in [0.1, 0.15) is 26.7 Å². The number of anilines is 1. The van der Waals surface area contributed by atoms with Gasteiger partial charge >= 0.3 is 6.03 Å². The van der Waals surface area contributed by atoms with Gasteiger partial charge in [0.1, 0.15) is 0 Å². The van der Waals surface area contributed by atoms with Crippen LogP contribution in [0.4, 0.5) is 10.5 Å². The third kappa shape index (κ3) is 6.67. The Morgan fingerprint density at radius 2 is 1.72 bits per heavy atom. The van der Waals surface area contributed by atoms with E-state index in [1.807, 2.05) is 13.8 Å². The van der Waals surface area contributed by atoms with Crippen LogP contribution in [0.3, 0.4) is 0 Å². The normalized spacial score (nSPS) is 16.6. The molecule has 8 nitrogen and oxygen atoms in total. The second-order valence-corrected chi connectivity index (χ2v) is 10.1. The van der Waals surface area contributed by atoms with Crippen LogP contribution >= 0.6 is 0 Å². The summed E-state index contributed by atoms with van der Waals surface area (Å²) in [6, 6.07) is 6.46. The minimum atomic E-state index is -3.52. The second kappa shape index (κ2) is 10.4. The molecule has 1 fully saturated rings. The molecule has 2 rings (SSSR count). The molecule has 1 aliphatic rings. The van der Waals surface area contributed by atoms with Crippen LogP contribution in [0.15, 0.2) is 29.2 Å². The number of piperidine rings is 1. The third-order valence-corrected chi connectivity index (χ3v) is 7.57. The van der Waals surface area contributed by atoms with E-state index >= 15 is 0 Å². The predicted molar refractivity (Wildman–Crippen MR) is 117 cm³/mol. The first kappa shape index (κ1) is 23.6. The maximum absolute atomic E-state index is 12.5. The molecule has 9 heteroatoms. The summed E-state index contributed by atoms with van der Waals surface area (Å²) in [6.45, 7) is 7.14. The predicted octanol–water partition coefficient (Wildman–Crippen LogP) is 1.86. The van der Waals surface area contributed by atoms with Gasteiger partial charge in [-0.1, -0.05) is 0 Å². The van der Waals surface area contributed by atoms with Gasteiger partial charge in [-0.2, -0.15) is 4.31 Å². The van der Waals surface area contributed by atoms with Crippen molar-refractivity contribution >= 4 is 21.7 Å². The van der Waals surface area contributed by atoms with Crippen molar-refractivity contribution in [1.82, 2.24) is 19.4 Å². The fourth-order valence-electron chi connectivity index (χ4n) is 3.32. The van der Waals surface area contributed by atoms with E-state index in [1.165, 1.54) is 16.4 Å². The van der Waals surface area contributed by atoms with Crippen LogP contribution in [0.2, 0.25) is 0 Å². The topological polar surface area (TPSA) is 85.0 Å². The molecule has 0 radical (unpaired) electrons. The minimum absolute atomic E-state index is 0.128. The van der Waals surface area contributed by atoms with E-state index in [4.69, 9.17) is 0 Å². The van der Waals surface area contributed by atoms with E-state index in [9.17, 15) is 13.2 Å². The number of amides is 2. The third-order valence-electron chi connectivity index (χ3n) is 5.52. The molecule has 2 amide bonds. The quantitative estimate of drug-likeness (QED) is 0.664. The molecule has 1 saturated heterocycles.